The molecule has 0 spiro atoms. The van der Waals surface area contributed by atoms with E-state index in [9.17, 15) is 32.9 Å². The van der Waals surface area contributed by atoms with Gasteiger partial charge in [-0.05, 0) is 54.2 Å². The summed E-state index contributed by atoms with van der Waals surface area (Å²) in [5.74, 6) is -2.12. The molecule has 1 aromatic heterocycles. The molecule has 0 saturated carbocycles. The van der Waals surface area contributed by atoms with Gasteiger partial charge in [0.25, 0.3) is 0 Å². The first-order chi connectivity index (χ1) is 19.5. The topological polar surface area (TPSA) is 132 Å². The summed E-state index contributed by atoms with van der Waals surface area (Å²) in [7, 11) is -4.02. The maximum Gasteiger partial charge on any atom is 1.00 e. The van der Waals surface area contributed by atoms with E-state index < -0.39 is 40.4 Å². The zero-order valence-electron chi connectivity index (χ0n) is 24.2. The number of morpholine rings is 1. The molecule has 0 unspecified atom stereocenters. The number of aliphatic hydroxyl groups excluding tert-OH is 2. The predicted molar refractivity (Wildman–Crippen MR) is 150 cm³/mol. The van der Waals surface area contributed by atoms with Gasteiger partial charge in [0.1, 0.15) is 10.7 Å². The Bertz CT molecular complexity index is 1440. The van der Waals surface area contributed by atoms with Gasteiger partial charge in [0, 0.05) is 43.3 Å². The van der Waals surface area contributed by atoms with Crippen molar-refractivity contribution in [1.29, 1.82) is 0 Å². The van der Waals surface area contributed by atoms with E-state index in [1.54, 1.807) is 12.1 Å². The van der Waals surface area contributed by atoms with E-state index in [0.717, 1.165) is 0 Å². The summed E-state index contributed by atoms with van der Waals surface area (Å²) < 4.78 is 51.5. The number of carbonyl (C=O) groups is 1. The fraction of sp³-hybridized carbons (Fsp3) is 0.433. The zero-order chi connectivity index (χ0) is 29.7. The SMILES string of the molecule is CC(C)c1c(S(=O)(=O)N2CCOCC2)c(-c2ccccc2)c(-c2ccc(F)cc2)n1CC[C@@H](O)C[C@@H](O)CC(=O)[O-].[Na+]. The van der Waals surface area contributed by atoms with Crippen molar-refractivity contribution >= 4 is 16.0 Å². The second-order valence-electron chi connectivity index (χ2n) is 10.5. The van der Waals surface area contributed by atoms with Gasteiger partial charge < -0.3 is 29.4 Å². The van der Waals surface area contributed by atoms with Crippen LogP contribution in [0.3, 0.4) is 0 Å². The van der Waals surface area contributed by atoms with E-state index in [0.29, 0.717) is 28.1 Å². The molecule has 4 rings (SSSR count). The van der Waals surface area contributed by atoms with Gasteiger partial charge in [-0.15, -0.1) is 0 Å². The molecular formula is C30H36FN2NaO7S. The number of carboxylic acids is 1. The second-order valence-corrected chi connectivity index (χ2v) is 12.4. The van der Waals surface area contributed by atoms with E-state index in [-0.39, 0.29) is 86.1 Å². The van der Waals surface area contributed by atoms with Crippen LogP contribution in [-0.4, -0.2) is 72.0 Å². The number of hydrogen-bond acceptors (Lipinski definition) is 7. The van der Waals surface area contributed by atoms with Gasteiger partial charge in [-0.1, -0.05) is 44.2 Å². The van der Waals surface area contributed by atoms with Gasteiger partial charge in [-0.2, -0.15) is 4.31 Å². The number of benzene rings is 2. The number of rotatable bonds is 12. The maximum absolute atomic E-state index is 14.4. The number of ether oxygens (including phenoxy) is 1. The molecule has 222 valence electrons. The van der Waals surface area contributed by atoms with E-state index >= 15 is 0 Å². The largest absolute Gasteiger partial charge is 1.00 e. The number of carboxylic acid groups (broad SMARTS) is 1. The Morgan fingerprint density at radius 3 is 2.19 bits per heavy atom. The Balaban J connectivity index is 0.00000484. The number of halogens is 1. The Morgan fingerprint density at radius 2 is 1.62 bits per heavy atom. The van der Waals surface area contributed by atoms with E-state index in [4.69, 9.17) is 4.74 Å². The van der Waals surface area contributed by atoms with Crippen LogP contribution in [0.5, 0.6) is 0 Å². The Labute approximate surface area is 268 Å². The number of aromatic nitrogens is 1. The van der Waals surface area contributed by atoms with Gasteiger partial charge in [0.15, 0.2) is 0 Å². The fourth-order valence-electron chi connectivity index (χ4n) is 5.36. The first-order valence-electron chi connectivity index (χ1n) is 13.7. The third kappa shape index (κ3) is 7.89. The van der Waals surface area contributed by atoms with Crippen molar-refractivity contribution < 1.29 is 67.2 Å². The predicted octanol–water partition coefficient (Wildman–Crippen LogP) is -0.248. The van der Waals surface area contributed by atoms with E-state index in [2.05, 4.69) is 0 Å². The standard InChI is InChI=1S/C30H37FN2O7S.Na/c1-20(2)28-30(41(38,39)32-14-16-40-17-15-32)27(21-6-4-3-5-7-21)29(22-8-10-23(31)11-9-22)33(28)13-12-24(34)18-25(35)19-26(36)37;/h3-11,20,24-25,34-35H,12-19H2,1-2H3,(H,36,37);/q;+1/p-1/t24-,25-;/m1./s1. The molecule has 2 aromatic carbocycles. The third-order valence-electron chi connectivity index (χ3n) is 7.18. The summed E-state index contributed by atoms with van der Waals surface area (Å²) >= 11 is 0. The number of aliphatic carboxylic acids is 1. The van der Waals surface area contributed by atoms with Crippen LogP contribution < -0.4 is 34.7 Å². The summed E-state index contributed by atoms with van der Waals surface area (Å²) in [6.07, 6.45) is -3.01. The van der Waals surface area contributed by atoms with Gasteiger partial charge >= 0.3 is 29.6 Å². The van der Waals surface area contributed by atoms with Gasteiger partial charge in [0.2, 0.25) is 10.0 Å². The zero-order valence-corrected chi connectivity index (χ0v) is 27.0. The quantitative estimate of drug-likeness (QED) is 0.271. The molecule has 12 heteroatoms. The Hall–Kier alpha value is -2.09. The van der Waals surface area contributed by atoms with Gasteiger partial charge in [-0.3, -0.25) is 0 Å². The van der Waals surface area contributed by atoms with Crippen LogP contribution >= 0.6 is 0 Å². The van der Waals surface area contributed by atoms with E-state index in [1.165, 1.54) is 16.4 Å². The van der Waals surface area contributed by atoms with Crippen LogP contribution in [-0.2, 0) is 26.1 Å². The number of aliphatic hydroxyl groups is 2. The summed E-state index contributed by atoms with van der Waals surface area (Å²) in [4.78, 5) is 11.0. The second kappa shape index (κ2) is 15.1. The molecule has 0 aliphatic carbocycles. The third-order valence-corrected chi connectivity index (χ3v) is 9.16. The Morgan fingerprint density at radius 1 is 1.00 bits per heavy atom. The average molecular weight is 611 g/mol. The summed E-state index contributed by atoms with van der Waals surface area (Å²) in [5.41, 5.74) is 2.86. The van der Waals surface area contributed by atoms with Gasteiger partial charge in [0.05, 0.1) is 31.1 Å². The number of hydrogen-bond donors (Lipinski definition) is 2. The molecule has 0 bridgehead atoms. The number of carbonyl (C=O) groups excluding carboxylic acids is 1. The first kappa shape index (κ1) is 34.4. The molecule has 1 fully saturated rings. The Kier molecular flexibility index (Phi) is 12.3. The number of nitrogens with zero attached hydrogens (tertiary/aromatic N) is 2. The smallest absolute Gasteiger partial charge is 0.550 e. The molecule has 2 heterocycles. The molecule has 42 heavy (non-hydrogen) atoms. The average Bonchev–Trinajstić information content (AvgIpc) is 3.29. The van der Waals surface area contributed by atoms with Crippen LogP contribution in [0.25, 0.3) is 22.4 Å². The minimum Gasteiger partial charge on any atom is -0.550 e. The van der Waals surface area contributed by atoms with Crippen molar-refractivity contribution in [3.05, 3.63) is 66.1 Å². The fourth-order valence-corrected chi connectivity index (χ4v) is 7.33. The normalized spacial score (nSPS) is 15.8. The molecule has 1 saturated heterocycles. The minimum absolute atomic E-state index is 0. The molecule has 9 nitrogen and oxygen atoms in total. The molecular weight excluding hydrogens is 574 g/mol. The maximum atomic E-state index is 14.4. The van der Waals surface area contributed by atoms with Crippen LogP contribution in [0.2, 0.25) is 0 Å². The summed E-state index contributed by atoms with van der Waals surface area (Å²) in [6.45, 7) is 4.94. The summed E-state index contributed by atoms with van der Waals surface area (Å²) in [6, 6.07) is 15.0. The van der Waals surface area contributed by atoms with E-state index in [1.807, 2.05) is 48.7 Å². The molecule has 2 N–H and O–H groups in total. The monoisotopic (exact) mass is 610 g/mol. The van der Waals surface area contributed by atoms with Crippen molar-refractivity contribution in [3.63, 3.8) is 0 Å². The molecule has 2 atom stereocenters. The minimum atomic E-state index is -4.02. The van der Waals surface area contributed by atoms with Crippen LogP contribution in [0.15, 0.2) is 59.5 Å². The molecule has 0 radical (unpaired) electrons. The van der Waals surface area contributed by atoms with Crippen molar-refractivity contribution in [2.24, 2.45) is 0 Å². The molecule has 1 aliphatic rings. The number of sulfonamides is 1. The first-order valence-corrected chi connectivity index (χ1v) is 15.2. The van der Waals surface area contributed by atoms with Crippen LogP contribution in [0.4, 0.5) is 4.39 Å². The van der Waals surface area contributed by atoms with Crippen molar-refractivity contribution in [2.45, 2.75) is 62.7 Å². The molecule has 0 amide bonds. The van der Waals surface area contributed by atoms with Crippen molar-refractivity contribution in [2.75, 3.05) is 26.3 Å². The van der Waals surface area contributed by atoms with Crippen LogP contribution in [0.1, 0.15) is 44.7 Å². The van der Waals surface area contributed by atoms with Crippen LogP contribution in [0, 0.1) is 5.82 Å². The molecule has 1 aliphatic heterocycles. The summed E-state index contributed by atoms with van der Waals surface area (Å²) in [5, 5.41) is 31.6. The molecule has 3 aromatic rings. The van der Waals surface area contributed by atoms with Crippen molar-refractivity contribution in [1.82, 2.24) is 8.87 Å². The van der Waals surface area contributed by atoms with Gasteiger partial charge in [-0.25, -0.2) is 12.8 Å². The van der Waals surface area contributed by atoms with Crippen molar-refractivity contribution in [3.8, 4) is 22.4 Å².